The Morgan fingerprint density at radius 1 is 1.17 bits per heavy atom. The molecule has 1 aromatic carbocycles. The fourth-order valence-corrected chi connectivity index (χ4v) is 4.68. The second kappa shape index (κ2) is 7.10. The topological polar surface area (TPSA) is 49.0 Å². The minimum absolute atomic E-state index is 0.100. The zero-order chi connectivity index (χ0) is 21.8. The highest BCUT2D eigenvalue weighted by molar-refractivity contribution is 5.99. The summed E-state index contributed by atoms with van der Waals surface area (Å²) in [5.74, 6) is -1.20. The first-order valence-corrected chi connectivity index (χ1v) is 9.59. The third kappa shape index (κ3) is 3.14. The second-order valence-corrected chi connectivity index (χ2v) is 7.73. The predicted molar refractivity (Wildman–Crippen MR) is 102 cm³/mol. The van der Waals surface area contributed by atoms with Crippen molar-refractivity contribution < 1.29 is 22.4 Å². The molecule has 2 aromatic rings. The highest BCUT2D eigenvalue weighted by atomic mass is 19.4. The maximum Gasteiger partial charge on any atom is 0.413 e. The molecule has 8 heteroatoms. The van der Waals surface area contributed by atoms with Crippen LogP contribution in [0.3, 0.4) is 0 Å². The first-order valence-electron chi connectivity index (χ1n) is 9.59. The number of carbonyl (C=O) groups is 1. The minimum atomic E-state index is -4.42. The Morgan fingerprint density at radius 3 is 2.40 bits per heavy atom. The van der Waals surface area contributed by atoms with Crippen molar-refractivity contribution in [1.29, 1.82) is 5.26 Å². The summed E-state index contributed by atoms with van der Waals surface area (Å²) in [4.78, 5) is 14.5. The van der Waals surface area contributed by atoms with E-state index in [0.717, 1.165) is 0 Å². The minimum Gasteiger partial charge on any atom is -0.315 e. The summed E-state index contributed by atoms with van der Waals surface area (Å²) in [6, 6.07) is 7.24. The van der Waals surface area contributed by atoms with E-state index in [4.69, 9.17) is 5.26 Å². The van der Waals surface area contributed by atoms with Gasteiger partial charge in [-0.1, -0.05) is 6.08 Å². The number of Topliss-reactive ketones (excluding diaryl/α,β-unsaturated/α-hetero) is 1. The third-order valence-corrected chi connectivity index (χ3v) is 6.05. The number of rotatable bonds is 4. The van der Waals surface area contributed by atoms with E-state index in [-0.39, 0.29) is 17.8 Å². The molecule has 30 heavy (non-hydrogen) atoms. The first-order chi connectivity index (χ1) is 14.1. The molecule has 1 fully saturated rings. The molecule has 4 nitrogen and oxygen atoms in total. The van der Waals surface area contributed by atoms with Crippen LogP contribution in [0.2, 0.25) is 0 Å². The summed E-state index contributed by atoms with van der Waals surface area (Å²) in [5.41, 5.74) is 0.973. The summed E-state index contributed by atoms with van der Waals surface area (Å²) in [5, 5.41) is 8.94. The fraction of sp³-hybridized carbons (Fsp3) is 0.364. The zero-order valence-electron chi connectivity index (χ0n) is 16.4. The Labute approximate surface area is 171 Å². The van der Waals surface area contributed by atoms with Crippen molar-refractivity contribution in [1.82, 2.24) is 9.47 Å². The normalized spacial score (nSPS) is 21.0. The van der Waals surface area contributed by atoms with Gasteiger partial charge in [-0.3, -0.25) is 9.69 Å². The quantitative estimate of drug-likeness (QED) is 0.414. The van der Waals surface area contributed by atoms with Crippen LogP contribution in [0.15, 0.2) is 35.9 Å². The Balaban J connectivity index is 1.62. The van der Waals surface area contributed by atoms with E-state index in [1.54, 1.807) is 42.7 Å². The van der Waals surface area contributed by atoms with Gasteiger partial charge in [0.2, 0.25) is 0 Å². The highest BCUT2D eigenvalue weighted by Gasteiger charge is 2.50. The van der Waals surface area contributed by atoms with Gasteiger partial charge >= 0.3 is 6.18 Å². The maximum absolute atomic E-state index is 15.0. The number of nitriles is 1. The average Bonchev–Trinajstić information content (AvgIpc) is 3.31. The molecule has 2 aliphatic rings. The van der Waals surface area contributed by atoms with E-state index in [2.05, 4.69) is 0 Å². The molecule has 2 atom stereocenters. The lowest BCUT2D eigenvalue weighted by atomic mass is 9.99. The van der Waals surface area contributed by atoms with Crippen LogP contribution >= 0.6 is 0 Å². The summed E-state index contributed by atoms with van der Waals surface area (Å²) in [6.07, 6.45) is -2.32. The number of nitrogens with zero attached hydrogens (tertiary/aromatic N) is 3. The summed E-state index contributed by atoms with van der Waals surface area (Å²) in [7, 11) is 0. The van der Waals surface area contributed by atoms with Crippen LogP contribution in [0, 0.1) is 31.0 Å². The van der Waals surface area contributed by atoms with Crippen LogP contribution in [0.4, 0.5) is 17.6 Å². The molecule has 0 aliphatic carbocycles. The molecule has 0 amide bonds. The largest absolute Gasteiger partial charge is 0.413 e. The SMILES string of the molecule is Cc1c(F)c(C(=O)CN2C3C=C(C(F)(F)F)C2CC3)c(C)n1-c1ccc(C#N)cc1. The number of aromatic nitrogens is 1. The molecule has 0 radical (unpaired) electrons. The van der Waals surface area contributed by atoms with Gasteiger partial charge in [-0.25, -0.2) is 4.39 Å². The number of hydrogen-bond acceptors (Lipinski definition) is 3. The van der Waals surface area contributed by atoms with Gasteiger partial charge in [-0.05, 0) is 51.0 Å². The lowest BCUT2D eigenvalue weighted by molar-refractivity contribution is -0.0977. The number of halogens is 4. The van der Waals surface area contributed by atoms with Crippen LogP contribution in [0.5, 0.6) is 0 Å². The van der Waals surface area contributed by atoms with Crippen molar-refractivity contribution in [2.75, 3.05) is 6.54 Å². The highest BCUT2D eigenvalue weighted by Crippen LogP contribution is 2.44. The van der Waals surface area contributed by atoms with Crippen molar-refractivity contribution in [2.45, 2.75) is 44.9 Å². The maximum atomic E-state index is 15.0. The van der Waals surface area contributed by atoms with Crippen molar-refractivity contribution in [2.24, 2.45) is 0 Å². The van der Waals surface area contributed by atoms with E-state index < -0.39 is 35.4 Å². The molecular weight excluding hydrogens is 398 g/mol. The number of fused-ring (bicyclic) bond motifs is 2. The first kappa shape index (κ1) is 20.4. The predicted octanol–water partition coefficient (Wildman–Crippen LogP) is 4.62. The van der Waals surface area contributed by atoms with Gasteiger partial charge in [0, 0.05) is 29.0 Å². The number of hydrogen-bond donors (Lipinski definition) is 0. The van der Waals surface area contributed by atoms with Gasteiger partial charge in [0.1, 0.15) is 0 Å². The molecule has 0 spiro atoms. The summed E-state index contributed by atoms with van der Waals surface area (Å²) in [6.45, 7) is 2.89. The number of benzene rings is 1. The van der Waals surface area contributed by atoms with Crippen LogP contribution < -0.4 is 0 Å². The molecule has 2 aliphatic heterocycles. The van der Waals surface area contributed by atoms with Gasteiger partial charge in [-0.15, -0.1) is 0 Å². The Morgan fingerprint density at radius 2 is 1.83 bits per heavy atom. The molecule has 156 valence electrons. The Hall–Kier alpha value is -2.92. The van der Waals surface area contributed by atoms with Gasteiger partial charge in [0.05, 0.1) is 29.4 Å². The molecule has 2 bridgehead atoms. The second-order valence-electron chi connectivity index (χ2n) is 7.73. The van der Waals surface area contributed by atoms with E-state index in [0.29, 0.717) is 29.8 Å². The van der Waals surface area contributed by atoms with E-state index in [1.807, 2.05) is 6.07 Å². The molecule has 0 N–H and O–H groups in total. The summed E-state index contributed by atoms with van der Waals surface area (Å²) >= 11 is 0. The number of ketones is 1. The lowest BCUT2D eigenvalue weighted by Gasteiger charge is -2.23. The smallest absolute Gasteiger partial charge is 0.315 e. The standard InChI is InChI=1S/C22H19F4N3O/c1-12-20(21(23)13(2)29(12)15-5-3-14(10-27)4-6-15)19(30)11-28-16-7-8-18(28)17(9-16)22(24,25)26/h3-6,9,16,18H,7-8,11H2,1-2H3. The Kier molecular flexibility index (Phi) is 4.82. The van der Waals surface area contributed by atoms with Crippen LogP contribution in [0.25, 0.3) is 5.69 Å². The molecule has 3 heterocycles. The van der Waals surface area contributed by atoms with Crippen molar-refractivity contribution in [3.8, 4) is 11.8 Å². The molecule has 4 rings (SSSR count). The fourth-order valence-electron chi connectivity index (χ4n) is 4.68. The van der Waals surface area contributed by atoms with Gasteiger partial charge in [0.25, 0.3) is 0 Å². The van der Waals surface area contributed by atoms with E-state index in [1.165, 1.54) is 11.0 Å². The molecule has 2 unspecified atom stereocenters. The van der Waals surface area contributed by atoms with Crippen LogP contribution in [-0.2, 0) is 0 Å². The molecular formula is C22H19F4N3O. The van der Waals surface area contributed by atoms with Crippen molar-refractivity contribution in [3.63, 3.8) is 0 Å². The molecule has 1 saturated heterocycles. The third-order valence-electron chi connectivity index (χ3n) is 6.05. The number of carbonyl (C=O) groups excluding carboxylic acids is 1. The Bertz CT molecular complexity index is 1090. The van der Waals surface area contributed by atoms with E-state index in [9.17, 15) is 18.0 Å². The van der Waals surface area contributed by atoms with Gasteiger partial charge < -0.3 is 4.57 Å². The number of alkyl halides is 3. The molecule has 1 aromatic heterocycles. The molecule has 0 saturated carbocycles. The van der Waals surface area contributed by atoms with Gasteiger partial charge in [0.15, 0.2) is 11.6 Å². The van der Waals surface area contributed by atoms with Crippen LogP contribution in [0.1, 0.15) is 40.2 Å². The average molecular weight is 417 g/mol. The monoisotopic (exact) mass is 417 g/mol. The zero-order valence-corrected chi connectivity index (χ0v) is 16.4. The van der Waals surface area contributed by atoms with Crippen molar-refractivity contribution in [3.05, 3.63) is 64.2 Å². The summed E-state index contributed by atoms with van der Waals surface area (Å²) < 4.78 is 56.2. The lowest BCUT2D eigenvalue weighted by Crippen LogP contribution is -2.37. The van der Waals surface area contributed by atoms with Crippen molar-refractivity contribution >= 4 is 5.78 Å². The van der Waals surface area contributed by atoms with E-state index >= 15 is 4.39 Å². The van der Waals surface area contributed by atoms with Crippen LogP contribution in [-0.4, -0.2) is 40.1 Å². The van der Waals surface area contributed by atoms with Gasteiger partial charge in [-0.2, -0.15) is 18.4 Å².